The van der Waals surface area contributed by atoms with Crippen molar-refractivity contribution in [1.82, 2.24) is 4.90 Å². The molecule has 2 aromatic rings. The summed E-state index contributed by atoms with van der Waals surface area (Å²) in [6.45, 7) is 6.35. The van der Waals surface area contributed by atoms with Gasteiger partial charge < -0.3 is 9.47 Å². The van der Waals surface area contributed by atoms with Gasteiger partial charge in [0.15, 0.2) is 0 Å². The van der Waals surface area contributed by atoms with Gasteiger partial charge in [-0.1, -0.05) is 36.8 Å². The molecule has 0 amide bonds. The Bertz CT molecular complexity index is 760. The van der Waals surface area contributed by atoms with E-state index in [1.165, 1.54) is 43.5 Å². The first-order valence-electron chi connectivity index (χ1n) is 9.69. The zero-order valence-corrected chi connectivity index (χ0v) is 15.5. The normalized spacial score (nSPS) is 20.0. The summed E-state index contributed by atoms with van der Waals surface area (Å²) in [4.78, 5) is 2.50. The number of allylic oxidation sites excluding steroid dienone is 1. The van der Waals surface area contributed by atoms with Crippen LogP contribution in [0.15, 0.2) is 54.6 Å². The van der Waals surface area contributed by atoms with Crippen LogP contribution in [0.2, 0.25) is 0 Å². The lowest BCUT2D eigenvalue weighted by atomic mass is 9.98. The first-order chi connectivity index (χ1) is 12.8. The lowest BCUT2D eigenvalue weighted by Crippen LogP contribution is -2.33. The molecule has 2 heterocycles. The molecule has 3 heteroatoms. The third-order valence-corrected chi connectivity index (χ3v) is 5.30. The van der Waals surface area contributed by atoms with Gasteiger partial charge in [-0.3, -0.25) is 4.90 Å². The highest BCUT2D eigenvalue weighted by Crippen LogP contribution is 2.37. The SMILES string of the molecule is CC1=CC(c2ccc(OCCN3CCCCC3)cc2)Oc2ccccc21. The van der Waals surface area contributed by atoms with Crippen LogP contribution in [0, 0.1) is 0 Å². The van der Waals surface area contributed by atoms with Crippen LogP contribution < -0.4 is 9.47 Å². The highest BCUT2D eigenvalue weighted by atomic mass is 16.5. The average molecular weight is 349 g/mol. The van der Waals surface area contributed by atoms with Gasteiger partial charge in [0, 0.05) is 12.1 Å². The quantitative estimate of drug-likeness (QED) is 0.750. The number of ether oxygens (including phenoxy) is 2. The van der Waals surface area contributed by atoms with Crippen molar-refractivity contribution < 1.29 is 9.47 Å². The van der Waals surface area contributed by atoms with Crippen LogP contribution in [-0.2, 0) is 0 Å². The Kier molecular flexibility index (Phi) is 5.26. The van der Waals surface area contributed by atoms with Crippen molar-refractivity contribution in [2.45, 2.75) is 32.3 Å². The molecule has 1 unspecified atom stereocenters. The number of para-hydroxylation sites is 1. The van der Waals surface area contributed by atoms with Gasteiger partial charge in [0.2, 0.25) is 0 Å². The summed E-state index contributed by atoms with van der Waals surface area (Å²) >= 11 is 0. The molecule has 2 aliphatic rings. The predicted molar refractivity (Wildman–Crippen MR) is 106 cm³/mol. The molecule has 1 saturated heterocycles. The van der Waals surface area contributed by atoms with Crippen molar-refractivity contribution in [3.8, 4) is 11.5 Å². The van der Waals surface area contributed by atoms with Crippen LogP contribution in [0.4, 0.5) is 0 Å². The predicted octanol–water partition coefficient (Wildman–Crippen LogP) is 5.09. The van der Waals surface area contributed by atoms with E-state index in [-0.39, 0.29) is 6.10 Å². The van der Waals surface area contributed by atoms with Gasteiger partial charge in [-0.2, -0.15) is 0 Å². The molecule has 0 aromatic heterocycles. The van der Waals surface area contributed by atoms with E-state index < -0.39 is 0 Å². The van der Waals surface area contributed by atoms with E-state index in [2.05, 4.69) is 54.3 Å². The first-order valence-corrected chi connectivity index (χ1v) is 9.69. The van der Waals surface area contributed by atoms with Gasteiger partial charge in [0.1, 0.15) is 24.2 Å². The van der Waals surface area contributed by atoms with E-state index >= 15 is 0 Å². The smallest absolute Gasteiger partial charge is 0.143 e. The molecular formula is C23H27NO2. The molecule has 0 saturated carbocycles. The highest BCUT2D eigenvalue weighted by molar-refractivity contribution is 5.71. The lowest BCUT2D eigenvalue weighted by Gasteiger charge is -2.26. The molecule has 0 bridgehead atoms. The molecular weight excluding hydrogens is 322 g/mol. The molecule has 1 atom stereocenters. The molecule has 0 aliphatic carbocycles. The van der Waals surface area contributed by atoms with Crippen molar-refractivity contribution in [3.63, 3.8) is 0 Å². The molecule has 0 spiro atoms. The standard InChI is InChI=1S/C23H27NO2/c1-18-17-23(26-22-8-4-3-7-21(18)22)19-9-11-20(12-10-19)25-16-15-24-13-5-2-6-14-24/h3-4,7-12,17,23H,2,5-6,13-16H2,1H3. The molecule has 2 aliphatic heterocycles. The number of hydrogen-bond donors (Lipinski definition) is 0. The molecule has 0 radical (unpaired) electrons. The fraction of sp³-hybridized carbons (Fsp3) is 0.391. The zero-order chi connectivity index (χ0) is 17.8. The Balaban J connectivity index is 1.35. The van der Waals surface area contributed by atoms with Crippen LogP contribution in [0.5, 0.6) is 11.5 Å². The van der Waals surface area contributed by atoms with Crippen LogP contribution in [0.1, 0.15) is 43.4 Å². The van der Waals surface area contributed by atoms with Crippen molar-refractivity contribution in [1.29, 1.82) is 0 Å². The second kappa shape index (κ2) is 7.96. The van der Waals surface area contributed by atoms with Gasteiger partial charge in [-0.15, -0.1) is 0 Å². The van der Waals surface area contributed by atoms with Gasteiger partial charge in [0.25, 0.3) is 0 Å². The van der Waals surface area contributed by atoms with E-state index in [1.54, 1.807) is 0 Å². The second-order valence-corrected chi connectivity index (χ2v) is 7.20. The van der Waals surface area contributed by atoms with Crippen LogP contribution in [0.25, 0.3) is 5.57 Å². The number of hydrogen-bond acceptors (Lipinski definition) is 3. The number of benzene rings is 2. The molecule has 0 N–H and O–H groups in total. The molecule has 2 aromatic carbocycles. The maximum absolute atomic E-state index is 6.16. The lowest BCUT2D eigenvalue weighted by molar-refractivity contribution is 0.183. The third-order valence-electron chi connectivity index (χ3n) is 5.30. The topological polar surface area (TPSA) is 21.7 Å². The molecule has 1 fully saturated rings. The average Bonchev–Trinajstić information content (AvgIpc) is 2.69. The van der Waals surface area contributed by atoms with Crippen molar-refractivity contribution in [3.05, 3.63) is 65.7 Å². The fourth-order valence-corrected chi connectivity index (χ4v) is 3.78. The van der Waals surface area contributed by atoms with Gasteiger partial charge in [-0.05, 0) is 68.3 Å². The fourth-order valence-electron chi connectivity index (χ4n) is 3.78. The molecule has 136 valence electrons. The van der Waals surface area contributed by atoms with Crippen molar-refractivity contribution >= 4 is 5.57 Å². The minimum absolute atomic E-state index is 0.0349. The largest absolute Gasteiger partial charge is 0.492 e. The highest BCUT2D eigenvalue weighted by Gasteiger charge is 2.19. The molecule has 26 heavy (non-hydrogen) atoms. The number of likely N-dealkylation sites (tertiary alicyclic amines) is 1. The van der Waals surface area contributed by atoms with Crippen LogP contribution >= 0.6 is 0 Å². The Morgan fingerprint density at radius 2 is 1.77 bits per heavy atom. The van der Waals surface area contributed by atoms with Gasteiger partial charge in [-0.25, -0.2) is 0 Å². The number of nitrogens with zero attached hydrogens (tertiary/aromatic N) is 1. The van der Waals surface area contributed by atoms with E-state index in [1.807, 2.05) is 12.1 Å². The first kappa shape index (κ1) is 17.2. The number of fused-ring (bicyclic) bond motifs is 1. The monoisotopic (exact) mass is 349 g/mol. The van der Waals surface area contributed by atoms with E-state index in [9.17, 15) is 0 Å². The Labute approximate surface area is 156 Å². The number of piperidine rings is 1. The maximum Gasteiger partial charge on any atom is 0.143 e. The summed E-state index contributed by atoms with van der Waals surface area (Å²) in [7, 11) is 0. The summed E-state index contributed by atoms with van der Waals surface area (Å²) in [5.74, 6) is 1.89. The van der Waals surface area contributed by atoms with Crippen LogP contribution in [-0.4, -0.2) is 31.1 Å². The Morgan fingerprint density at radius 1 is 1.00 bits per heavy atom. The molecule has 4 rings (SSSR count). The van der Waals surface area contributed by atoms with Crippen molar-refractivity contribution in [2.24, 2.45) is 0 Å². The van der Waals surface area contributed by atoms with E-state index in [0.717, 1.165) is 30.2 Å². The summed E-state index contributed by atoms with van der Waals surface area (Å²) in [6, 6.07) is 16.5. The summed E-state index contributed by atoms with van der Waals surface area (Å²) in [5.41, 5.74) is 3.60. The van der Waals surface area contributed by atoms with Crippen LogP contribution in [0.3, 0.4) is 0 Å². The molecule has 3 nitrogen and oxygen atoms in total. The van der Waals surface area contributed by atoms with E-state index in [0.29, 0.717) is 0 Å². The minimum atomic E-state index is -0.0349. The van der Waals surface area contributed by atoms with Crippen molar-refractivity contribution in [2.75, 3.05) is 26.2 Å². The Morgan fingerprint density at radius 3 is 2.58 bits per heavy atom. The summed E-state index contributed by atoms with van der Waals surface area (Å²) in [6.07, 6.45) is 6.18. The second-order valence-electron chi connectivity index (χ2n) is 7.20. The number of rotatable bonds is 5. The zero-order valence-electron chi connectivity index (χ0n) is 15.5. The third kappa shape index (κ3) is 3.94. The maximum atomic E-state index is 6.16. The van der Waals surface area contributed by atoms with Gasteiger partial charge in [0.05, 0.1) is 0 Å². The van der Waals surface area contributed by atoms with E-state index in [4.69, 9.17) is 9.47 Å². The van der Waals surface area contributed by atoms with Gasteiger partial charge >= 0.3 is 0 Å². The summed E-state index contributed by atoms with van der Waals surface area (Å²) < 4.78 is 12.1. The Hall–Kier alpha value is -2.26. The summed E-state index contributed by atoms with van der Waals surface area (Å²) in [5, 5.41) is 0. The minimum Gasteiger partial charge on any atom is -0.492 e.